The Labute approximate surface area is 240 Å². The molecule has 14 nitrogen and oxygen atoms in total. The van der Waals surface area contributed by atoms with Gasteiger partial charge in [0.15, 0.2) is 42.0 Å². The summed E-state index contributed by atoms with van der Waals surface area (Å²) in [6.07, 6.45) is -6.33. The Morgan fingerprint density at radius 3 is 2.38 bits per heavy atom. The second kappa shape index (κ2) is 10.5. The van der Waals surface area contributed by atoms with Gasteiger partial charge in [0, 0.05) is 18.0 Å². The number of aliphatic hydroxyl groups excluding tert-OH is 2. The predicted molar refractivity (Wildman–Crippen MR) is 138 cm³/mol. The first-order valence-electron chi connectivity index (χ1n) is 13.5. The Bertz CT molecular complexity index is 1360. The Hall–Kier alpha value is -3.72. The number of carbonyl (C=O) groups excluding carboxylic acids is 3. The number of nitrogens with zero attached hydrogens (tertiary/aromatic N) is 1. The number of benzene rings is 1. The molecule has 1 fully saturated rings. The highest BCUT2D eigenvalue weighted by Gasteiger charge is 2.72. The van der Waals surface area contributed by atoms with Crippen LogP contribution in [0.15, 0.2) is 24.0 Å². The van der Waals surface area contributed by atoms with Crippen LogP contribution < -0.4 is 9.47 Å². The van der Waals surface area contributed by atoms with Crippen LogP contribution in [-0.4, -0.2) is 112 Å². The SMILES string of the molecule is COc1ccc2c3c1O[C@@H]1C(OC(=O)[C@H](O)[C@@H](O)C(=O)O[C@@H](C)C(=O)O[C@@H](C)C(=O)O)=CC[C@]4(O)[C@H](C2)N(C)CC[C@@]314. The first kappa shape index (κ1) is 29.8. The zero-order valence-electron chi connectivity index (χ0n) is 23.4. The molecule has 8 atom stereocenters. The Balaban J connectivity index is 1.34. The van der Waals surface area contributed by atoms with Crippen LogP contribution in [0.1, 0.15) is 37.8 Å². The van der Waals surface area contributed by atoms with E-state index in [0.717, 1.165) is 25.0 Å². The molecule has 0 saturated carbocycles. The van der Waals surface area contributed by atoms with Crippen molar-refractivity contribution in [3.8, 4) is 11.5 Å². The molecular weight excluding hydrogens is 558 g/mol. The molecule has 1 aromatic rings. The van der Waals surface area contributed by atoms with Crippen molar-refractivity contribution in [1.29, 1.82) is 0 Å². The van der Waals surface area contributed by atoms with Crippen LogP contribution in [0, 0.1) is 0 Å². The number of likely N-dealkylation sites (tertiary alicyclic amines) is 1. The van der Waals surface area contributed by atoms with Gasteiger partial charge in [0.1, 0.15) is 5.76 Å². The zero-order chi connectivity index (χ0) is 30.7. The number of piperidine rings is 1. The Kier molecular flexibility index (Phi) is 7.46. The van der Waals surface area contributed by atoms with E-state index < -0.39 is 65.4 Å². The normalized spacial score (nSPS) is 29.9. The van der Waals surface area contributed by atoms with Crippen LogP contribution in [-0.2, 0) is 45.2 Å². The third-order valence-corrected chi connectivity index (χ3v) is 8.82. The summed E-state index contributed by atoms with van der Waals surface area (Å²) in [6.45, 7) is 2.78. The lowest BCUT2D eigenvalue weighted by Gasteiger charge is -2.61. The minimum absolute atomic E-state index is 0.00157. The summed E-state index contributed by atoms with van der Waals surface area (Å²) in [5, 5.41) is 41.8. The van der Waals surface area contributed by atoms with Crippen LogP contribution in [0.3, 0.4) is 0 Å². The number of hydrogen-bond acceptors (Lipinski definition) is 13. The van der Waals surface area contributed by atoms with Gasteiger partial charge in [-0.2, -0.15) is 0 Å². The third kappa shape index (κ3) is 4.32. The molecule has 1 saturated heterocycles. The minimum atomic E-state index is -2.44. The maximum absolute atomic E-state index is 13.0. The maximum atomic E-state index is 13.0. The average Bonchev–Trinajstić information content (AvgIpc) is 3.31. The highest BCUT2D eigenvalue weighted by atomic mass is 16.6. The van der Waals surface area contributed by atoms with Gasteiger partial charge in [0.25, 0.3) is 0 Å². The fraction of sp³-hybridized carbons (Fsp3) is 0.571. The number of ether oxygens (including phenoxy) is 5. The number of likely N-dealkylation sites (N-methyl/N-ethyl adjacent to an activating group) is 1. The molecule has 42 heavy (non-hydrogen) atoms. The van der Waals surface area contributed by atoms with Gasteiger partial charge in [-0.15, -0.1) is 0 Å². The minimum Gasteiger partial charge on any atom is -0.493 e. The number of aliphatic carboxylic acids is 1. The second-order valence-corrected chi connectivity index (χ2v) is 11.1. The lowest BCUT2D eigenvalue weighted by molar-refractivity contribution is -0.185. The molecule has 2 heterocycles. The van der Waals surface area contributed by atoms with Crippen LogP contribution in [0.4, 0.5) is 0 Å². The lowest BCUT2D eigenvalue weighted by Crippen LogP contribution is -2.74. The van der Waals surface area contributed by atoms with Crippen molar-refractivity contribution in [2.75, 3.05) is 20.7 Å². The molecule has 2 aliphatic carbocycles. The Morgan fingerprint density at radius 1 is 1.05 bits per heavy atom. The molecule has 5 rings (SSSR count). The van der Waals surface area contributed by atoms with Crippen LogP contribution in [0.5, 0.6) is 11.5 Å². The molecule has 0 aromatic heterocycles. The average molecular weight is 592 g/mol. The van der Waals surface area contributed by atoms with E-state index in [2.05, 4.69) is 9.64 Å². The zero-order valence-corrected chi connectivity index (χ0v) is 23.4. The van der Waals surface area contributed by atoms with Crippen molar-refractivity contribution in [2.45, 2.75) is 80.7 Å². The topological polar surface area (TPSA) is 199 Å². The molecular formula is C28H33NO13. The summed E-state index contributed by atoms with van der Waals surface area (Å²) >= 11 is 0. The van der Waals surface area contributed by atoms with Gasteiger partial charge in [-0.3, -0.25) is 0 Å². The molecule has 228 valence electrons. The van der Waals surface area contributed by atoms with Crippen molar-refractivity contribution in [1.82, 2.24) is 4.90 Å². The molecule has 4 aliphatic rings. The van der Waals surface area contributed by atoms with E-state index in [-0.39, 0.29) is 18.2 Å². The van der Waals surface area contributed by atoms with Crippen LogP contribution in [0.25, 0.3) is 0 Å². The van der Waals surface area contributed by atoms with E-state index in [1.165, 1.54) is 13.2 Å². The van der Waals surface area contributed by atoms with Gasteiger partial charge in [-0.1, -0.05) is 6.07 Å². The summed E-state index contributed by atoms with van der Waals surface area (Å²) in [7, 11) is 3.44. The highest BCUT2D eigenvalue weighted by molar-refractivity contribution is 5.88. The van der Waals surface area contributed by atoms with E-state index in [0.29, 0.717) is 30.9 Å². The van der Waals surface area contributed by atoms with E-state index in [1.54, 1.807) is 6.07 Å². The van der Waals surface area contributed by atoms with Gasteiger partial charge in [-0.25, -0.2) is 19.2 Å². The molecule has 2 aliphatic heterocycles. The molecule has 14 heteroatoms. The van der Waals surface area contributed by atoms with E-state index >= 15 is 0 Å². The number of hydrogen-bond donors (Lipinski definition) is 4. The number of carbonyl (C=O) groups is 4. The van der Waals surface area contributed by atoms with Gasteiger partial charge in [0.05, 0.1) is 18.1 Å². The smallest absolute Gasteiger partial charge is 0.347 e. The highest BCUT2D eigenvalue weighted by Crippen LogP contribution is 2.65. The molecule has 2 bridgehead atoms. The maximum Gasteiger partial charge on any atom is 0.347 e. The second-order valence-electron chi connectivity index (χ2n) is 11.1. The quantitative estimate of drug-likeness (QED) is 0.205. The fourth-order valence-electron chi connectivity index (χ4n) is 6.63. The number of carboxylic acid groups (broad SMARTS) is 1. The largest absolute Gasteiger partial charge is 0.493 e. The number of rotatable bonds is 9. The fourth-order valence-corrected chi connectivity index (χ4v) is 6.63. The first-order chi connectivity index (χ1) is 19.8. The van der Waals surface area contributed by atoms with Crippen molar-refractivity contribution in [3.63, 3.8) is 0 Å². The molecule has 0 unspecified atom stereocenters. The van der Waals surface area contributed by atoms with Gasteiger partial charge >= 0.3 is 23.9 Å². The number of esters is 3. The van der Waals surface area contributed by atoms with Crippen LogP contribution in [0.2, 0.25) is 0 Å². The molecule has 4 N–H and O–H groups in total. The predicted octanol–water partition coefficient (Wildman–Crippen LogP) is -0.814. The lowest BCUT2D eigenvalue weighted by atomic mass is 9.50. The third-order valence-electron chi connectivity index (χ3n) is 8.82. The molecule has 1 aromatic carbocycles. The van der Waals surface area contributed by atoms with E-state index in [4.69, 9.17) is 24.1 Å². The van der Waals surface area contributed by atoms with Gasteiger partial charge in [0.2, 0.25) is 0 Å². The van der Waals surface area contributed by atoms with Gasteiger partial charge in [-0.05, 0) is 58.0 Å². The number of carboxylic acids is 1. The van der Waals surface area contributed by atoms with Crippen molar-refractivity contribution >= 4 is 23.9 Å². The summed E-state index contributed by atoms with van der Waals surface area (Å²) in [5.74, 6) is -4.69. The Morgan fingerprint density at radius 2 is 1.71 bits per heavy atom. The summed E-state index contributed by atoms with van der Waals surface area (Å²) in [4.78, 5) is 50.3. The van der Waals surface area contributed by atoms with Crippen molar-refractivity contribution in [3.05, 3.63) is 35.1 Å². The molecule has 0 amide bonds. The standard InChI is InChI=1S/C28H33NO13/c1-12(23(32)33)39-24(34)13(2)40-25(35)19(30)20(31)26(36)41-16-7-8-28(37)17-11-14-5-6-15(38-4)21-18(14)27(28,22(16)42-21)9-10-29(17)3/h5-7,12-13,17,19-20,22,30-31,37H,8-11H2,1-4H3,(H,32,33)/t12-,13-,17-,19+,20+,22+,27+,28-/m0/s1. The van der Waals surface area contributed by atoms with Crippen molar-refractivity contribution < 1.29 is 63.3 Å². The van der Waals surface area contributed by atoms with Crippen molar-refractivity contribution in [2.24, 2.45) is 0 Å². The number of methoxy groups -OCH3 is 1. The van der Waals surface area contributed by atoms with E-state index in [1.807, 2.05) is 13.1 Å². The molecule has 0 radical (unpaired) electrons. The first-order valence-corrected chi connectivity index (χ1v) is 13.5. The summed E-state index contributed by atoms with van der Waals surface area (Å²) in [6, 6.07) is 3.47. The summed E-state index contributed by atoms with van der Waals surface area (Å²) in [5.41, 5.74) is -0.485. The van der Waals surface area contributed by atoms with Crippen LogP contribution >= 0.6 is 0 Å². The molecule has 1 spiro atoms. The van der Waals surface area contributed by atoms with Gasteiger partial charge < -0.3 is 49.0 Å². The monoisotopic (exact) mass is 591 g/mol. The summed E-state index contributed by atoms with van der Waals surface area (Å²) < 4.78 is 26.7. The number of aliphatic hydroxyl groups is 3. The van der Waals surface area contributed by atoms with E-state index in [9.17, 15) is 34.5 Å².